The highest BCUT2D eigenvalue weighted by atomic mass is 32.2. The van der Waals surface area contributed by atoms with Crippen molar-refractivity contribution >= 4 is 29.1 Å². The molecule has 2 aromatic rings. The van der Waals surface area contributed by atoms with Crippen molar-refractivity contribution in [3.8, 4) is 0 Å². The number of imide groups is 1. The Morgan fingerprint density at radius 3 is 2.32 bits per heavy atom. The molecule has 0 bridgehead atoms. The average Bonchev–Trinajstić information content (AvgIpc) is 2.84. The van der Waals surface area contributed by atoms with Crippen LogP contribution in [0.3, 0.4) is 0 Å². The molecule has 2 aromatic carbocycles. The van der Waals surface area contributed by atoms with Gasteiger partial charge in [-0.2, -0.15) is 0 Å². The Morgan fingerprint density at radius 1 is 0.960 bits per heavy atom. The van der Waals surface area contributed by atoms with Gasteiger partial charge in [0.25, 0.3) is 11.8 Å². The molecule has 0 N–H and O–H groups in total. The zero-order chi connectivity index (χ0) is 18.0. The topological polar surface area (TPSA) is 37.4 Å². The molecule has 0 spiro atoms. The maximum atomic E-state index is 12.8. The maximum Gasteiger partial charge on any atom is 0.267 e. The van der Waals surface area contributed by atoms with E-state index in [1.54, 1.807) is 0 Å². The number of carbonyl (C=O) groups is 2. The fraction of sp³-hybridized carbons (Fsp3) is 0.238. The third-order valence-electron chi connectivity index (χ3n) is 4.32. The van der Waals surface area contributed by atoms with Gasteiger partial charge in [-0.1, -0.05) is 54.1 Å². The van der Waals surface area contributed by atoms with E-state index in [2.05, 4.69) is 0 Å². The third-order valence-corrected chi connectivity index (χ3v) is 5.46. The molecule has 0 saturated heterocycles. The molecule has 4 heteroatoms. The number of carbonyl (C=O) groups excluding carboxylic acids is 2. The summed E-state index contributed by atoms with van der Waals surface area (Å²) in [5.74, 6) is 0.305. The summed E-state index contributed by atoms with van der Waals surface area (Å²) < 4.78 is 0. The van der Waals surface area contributed by atoms with E-state index in [9.17, 15) is 9.59 Å². The van der Waals surface area contributed by atoms with Gasteiger partial charge in [0.15, 0.2) is 0 Å². The second-order valence-electron chi connectivity index (χ2n) is 6.15. The molecule has 128 valence electrons. The molecule has 0 radical (unpaired) electrons. The molecule has 0 saturated carbocycles. The number of likely N-dealkylation sites (N-methyl/N-ethyl adjacent to an activating group) is 1. The van der Waals surface area contributed by atoms with Crippen molar-refractivity contribution in [1.82, 2.24) is 4.90 Å². The Bertz CT molecular complexity index is 855. The quantitative estimate of drug-likeness (QED) is 0.752. The molecule has 0 aromatic heterocycles. The standard InChI is InChI=1S/C21H21NO2S/c1-4-22-20(23)18(17-11-10-14(2)12-15(17)3)19(21(22)24)25-13-16-8-6-5-7-9-16/h5-12H,4,13H2,1-3H3. The molecular weight excluding hydrogens is 330 g/mol. The number of amides is 2. The highest BCUT2D eigenvalue weighted by Gasteiger charge is 2.38. The zero-order valence-electron chi connectivity index (χ0n) is 14.7. The molecule has 3 nitrogen and oxygen atoms in total. The van der Waals surface area contributed by atoms with Crippen LogP contribution in [0.2, 0.25) is 0 Å². The van der Waals surface area contributed by atoms with Crippen LogP contribution in [0.5, 0.6) is 0 Å². The van der Waals surface area contributed by atoms with Gasteiger partial charge < -0.3 is 0 Å². The molecule has 0 atom stereocenters. The second kappa shape index (κ2) is 7.28. The fourth-order valence-electron chi connectivity index (χ4n) is 3.04. The minimum Gasteiger partial charge on any atom is -0.274 e. The van der Waals surface area contributed by atoms with Crippen molar-refractivity contribution in [2.75, 3.05) is 6.54 Å². The number of rotatable bonds is 5. The van der Waals surface area contributed by atoms with Gasteiger partial charge in [0, 0.05) is 12.3 Å². The first-order valence-electron chi connectivity index (χ1n) is 8.37. The molecular formula is C21H21NO2S. The van der Waals surface area contributed by atoms with E-state index in [1.807, 2.05) is 69.3 Å². The van der Waals surface area contributed by atoms with Crippen molar-refractivity contribution in [1.29, 1.82) is 0 Å². The smallest absolute Gasteiger partial charge is 0.267 e. The predicted octanol–water partition coefficient (Wildman–Crippen LogP) is 4.34. The van der Waals surface area contributed by atoms with E-state index in [0.717, 1.165) is 22.3 Å². The summed E-state index contributed by atoms with van der Waals surface area (Å²) in [5.41, 5.74) is 4.70. The van der Waals surface area contributed by atoms with E-state index in [0.29, 0.717) is 22.8 Å². The van der Waals surface area contributed by atoms with Gasteiger partial charge in [-0.05, 0) is 37.5 Å². The number of benzene rings is 2. The fourth-order valence-corrected chi connectivity index (χ4v) is 4.12. The molecule has 0 unspecified atom stereocenters. The summed E-state index contributed by atoms with van der Waals surface area (Å²) in [6, 6.07) is 16.0. The lowest BCUT2D eigenvalue weighted by Crippen LogP contribution is -2.31. The molecule has 0 fully saturated rings. The monoisotopic (exact) mass is 351 g/mol. The van der Waals surface area contributed by atoms with Crippen LogP contribution in [0.15, 0.2) is 53.4 Å². The third kappa shape index (κ3) is 3.40. The normalized spacial score (nSPS) is 14.6. The van der Waals surface area contributed by atoms with E-state index in [1.165, 1.54) is 16.7 Å². The van der Waals surface area contributed by atoms with Gasteiger partial charge in [0.2, 0.25) is 0 Å². The lowest BCUT2D eigenvalue weighted by molar-refractivity contribution is -0.136. The second-order valence-corrected chi connectivity index (χ2v) is 7.14. The van der Waals surface area contributed by atoms with E-state index in [4.69, 9.17) is 0 Å². The largest absolute Gasteiger partial charge is 0.274 e. The van der Waals surface area contributed by atoms with Crippen LogP contribution in [-0.2, 0) is 15.3 Å². The van der Waals surface area contributed by atoms with Crippen molar-refractivity contribution in [3.63, 3.8) is 0 Å². The van der Waals surface area contributed by atoms with Crippen LogP contribution < -0.4 is 0 Å². The summed E-state index contributed by atoms with van der Waals surface area (Å²) in [5, 5.41) is 0. The lowest BCUT2D eigenvalue weighted by atomic mass is 9.99. The molecule has 1 heterocycles. The Balaban J connectivity index is 2.02. The summed E-state index contributed by atoms with van der Waals surface area (Å²) in [6.45, 7) is 6.24. The molecule has 3 rings (SSSR count). The van der Waals surface area contributed by atoms with Gasteiger partial charge in [-0.3, -0.25) is 14.5 Å². The first kappa shape index (κ1) is 17.5. The van der Waals surface area contributed by atoms with Crippen LogP contribution >= 0.6 is 11.8 Å². The average molecular weight is 351 g/mol. The molecule has 2 amide bonds. The Morgan fingerprint density at radius 2 is 1.68 bits per heavy atom. The minimum atomic E-state index is -0.185. The van der Waals surface area contributed by atoms with Crippen molar-refractivity contribution in [3.05, 3.63) is 75.7 Å². The Kier molecular flexibility index (Phi) is 5.09. The zero-order valence-corrected chi connectivity index (χ0v) is 15.5. The highest BCUT2D eigenvalue weighted by Crippen LogP contribution is 2.38. The van der Waals surface area contributed by atoms with Gasteiger partial charge in [0.05, 0.1) is 10.5 Å². The van der Waals surface area contributed by atoms with Gasteiger partial charge in [0.1, 0.15) is 0 Å². The van der Waals surface area contributed by atoms with E-state index in [-0.39, 0.29) is 11.8 Å². The van der Waals surface area contributed by atoms with Gasteiger partial charge in [-0.25, -0.2) is 0 Å². The summed E-state index contributed by atoms with van der Waals surface area (Å²) in [7, 11) is 0. The van der Waals surface area contributed by atoms with Crippen LogP contribution in [0.25, 0.3) is 5.57 Å². The Labute approximate surface area is 152 Å². The molecule has 25 heavy (non-hydrogen) atoms. The lowest BCUT2D eigenvalue weighted by Gasteiger charge is -2.12. The summed E-state index contributed by atoms with van der Waals surface area (Å²) in [4.78, 5) is 27.5. The maximum absolute atomic E-state index is 12.8. The van der Waals surface area contributed by atoms with E-state index >= 15 is 0 Å². The Hall–Kier alpha value is -2.33. The van der Waals surface area contributed by atoms with Crippen LogP contribution in [0.1, 0.15) is 29.2 Å². The van der Waals surface area contributed by atoms with Gasteiger partial charge >= 0.3 is 0 Å². The summed E-state index contributed by atoms with van der Waals surface area (Å²) >= 11 is 1.45. The molecule has 1 aliphatic rings. The number of thioether (sulfide) groups is 1. The highest BCUT2D eigenvalue weighted by molar-refractivity contribution is 8.03. The SMILES string of the molecule is CCN1C(=O)C(SCc2ccccc2)=C(c2ccc(C)cc2C)C1=O. The predicted molar refractivity (Wildman–Crippen MR) is 103 cm³/mol. The molecule has 1 aliphatic heterocycles. The van der Waals surface area contributed by atoms with Crippen LogP contribution in [0.4, 0.5) is 0 Å². The number of aryl methyl sites for hydroxylation is 2. The van der Waals surface area contributed by atoms with E-state index < -0.39 is 0 Å². The van der Waals surface area contributed by atoms with Crippen molar-refractivity contribution < 1.29 is 9.59 Å². The summed E-state index contributed by atoms with van der Waals surface area (Å²) in [6.07, 6.45) is 0. The number of hydrogen-bond acceptors (Lipinski definition) is 3. The number of hydrogen-bond donors (Lipinski definition) is 0. The number of nitrogens with zero attached hydrogens (tertiary/aromatic N) is 1. The first-order chi connectivity index (χ1) is 12.0. The van der Waals surface area contributed by atoms with Crippen LogP contribution in [-0.4, -0.2) is 23.3 Å². The van der Waals surface area contributed by atoms with Gasteiger partial charge in [-0.15, -0.1) is 11.8 Å². The van der Waals surface area contributed by atoms with Crippen molar-refractivity contribution in [2.24, 2.45) is 0 Å². The van der Waals surface area contributed by atoms with Crippen LogP contribution in [0, 0.1) is 13.8 Å². The minimum absolute atomic E-state index is 0.177. The first-order valence-corrected chi connectivity index (χ1v) is 9.36. The molecule has 0 aliphatic carbocycles. The van der Waals surface area contributed by atoms with Crippen molar-refractivity contribution in [2.45, 2.75) is 26.5 Å².